The molecule has 1 aromatic carbocycles. The number of pyridine rings is 1. The number of rotatable bonds is 0. The molecule has 0 atom stereocenters. The molecule has 2 radical (unpaired) electrons. The second-order valence-corrected chi connectivity index (χ2v) is 2.66. The first-order valence-corrected chi connectivity index (χ1v) is 4.68. The van der Waals surface area contributed by atoms with Crippen LogP contribution in [-0.2, 0) is 0 Å². The van der Waals surface area contributed by atoms with Gasteiger partial charge in [-0.1, -0.05) is 19.3 Å². The number of hydrogen-bond acceptors (Lipinski definition) is 1. The van der Waals surface area contributed by atoms with Gasteiger partial charge in [0.15, 0.2) is 0 Å². The van der Waals surface area contributed by atoms with Crippen LogP contribution in [0.5, 0.6) is 0 Å². The van der Waals surface area contributed by atoms with E-state index in [9.17, 15) is 8.78 Å². The van der Waals surface area contributed by atoms with Crippen molar-refractivity contribution in [3.63, 3.8) is 0 Å². The summed E-state index contributed by atoms with van der Waals surface area (Å²) < 4.78 is 26.4. The second-order valence-electron chi connectivity index (χ2n) is 2.66. The lowest BCUT2D eigenvalue weighted by molar-refractivity contribution is 0.621. The highest BCUT2D eigenvalue weighted by atomic mass is 19.1. The summed E-state index contributed by atoms with van der Waals surface area (Å²) in [5.74, 6) is -1.22. The van der Waals surface area contributed by atoms with Crippen LogP contribution < -0.4 is 5.46 Å². The van der Waals surface area contributed by atoms with Gasteiger partial charge in [-0.3, -0.25) is 4.98 Å². The molecule has 1 heterocycles. The predicted octanol–water partition coefficient (Wildman–Crippen LogP) is 2.33. The zero-order valence-corrected chi connectivity index (χ0v) is 8.59. The van der Waals surface area contributed by atoms with Crippen LogP contribution in [-0.4, -0.2) is 12.8 Å². The Kier molecular flexibility index (Phi) is 3.77. The Hall–Kier alpha value is -1.45. The van der Waals surface area contributed by atoms with E-state index in [-0.39, 0.29) is 16.4 Å². The van der Waals surface area contributed by atoms with Crippen LogP contribution in [0.1, 0.15) is 13.8 Å². The number of halogens is 2. The van der Waals surface area contributed by atoms with E-state index in [0.717, 1.165) is 6.07 Å². The predicted molar refractivity (Wildman–Crippen MR) is 58.4 cm³/mol. The molecule has 0 saturated carbocycles. The minimum Gasteiger partial charge on any atom is -0.253 e. The number of fused-ring (bicyclic) bond motifs is 1. The molecule has 0 unspecified atom stereocenters. The van der Waals surface area contributed by atoms with Crippen LogP contribution in [0.3, 0.4) is 0 Å². The smallest absolute Gasteiger partial charge is 0.149 e. The highest BCUT2D eigenvalue weighted by molar-refractivity contribution is 6.33. The maximum atomic E-state index is 13.2. The zero-order chi connectivity index (χ0) is 11.4. The standard InChI is InChI=1S/C9H4BF2N.C2H6/c10-6-4-7(11)9-5(8(6)12)2-1-3-13-9;1-2/h1-4H;1-2H3. The van der Waals surface area contributed by atoms with E-state index in [0.29, 0.717) is 0 Å². The van der Waals surface area contributed by atoms with Crippen molar-refractivity contribution in [3.8, 4) is 0 Å². The molecule has 15 heavy (non-hydrogen) atoms. The van der Waals surface area contributed by atoms with E-state index >= 15 is 0 Å². The number of hydrogen-bond donors (Lipinski definition) is 0. The third-order valence-corrected chi connectivity index (χ3v) is 1.81. The van der Waals surface area contributed by atoms with Crippen molar-refractivity contribution >= 4 is 24.2 Å². The third-order valence-electron chi connectivity index (χ3n) is 1.81. The first kappa shape index (κ1) is 11.6. The molecule has 1 nitrogen and oxygen atoms in total. The Labute approximate surface area is 88.6 Å². The number of aromatic nitrogens is 1. The lowest BCUT2D eigenvalue weighted by Crippen LogP contribution is -2.10. The Morgan fingerprint density at radius 3 is 2.60 bits per heavy atom. The van der Waals surface area contributed by atoms with Gasteiger partial charge in [0.1, 0.15) is 25.0 Å². The van der Waals surface area contributed by atoms with E-state index in [4.69, 9.17) is 7.85 Å². The maximum Gasteiger partial charge on any atom is 0.149 e. The monoisotopic (exact) mass is 205 g/mol. The number of benzene rings is 1. The highest BCUT2D eigenvalue weighted by Crippen LogP contribution is 2.16. The van der Waals surface area contributed by atoms with Crippen LogP contribution in [0, 0.1) is 11.6 Å². The molecule has 2 aromatic rings. The molecule has 1 aromatic heterocycles. The van der Waals surface area contributed by atoms with Gasteiger partial charge < -0.3 is 0 Å². The fraction of sp³-hybridized carbons (Fsp3) is 0.182. The third kappa shape index (κ3) is 2.14. The molecule has 0 aliphatic heterocycles. The molecule has 0 aliphatic rings. The van der Waals surface area contributed by atoms with Crippen molar-refractivity contribution in [2.24, 2.45) is 0 Å². The summed E-state index contributed by atoms with van der Waals surface area (Å²) in [7, 11) is 5.24. The van der Waals surface area contributed by atoms with Crippen LogP contribution in [0.4, 0.5) is 8.78 Å². The molecule has 0 bridgehead atoms. The summed E-state index contributed by atoms with van der Waals surface area (Å²) in [4.78, 5) is 3.71. The minimum atomic E-state index is -0.621. The Bertz CT molecular complexity index is 471. The molecule has 76 valence electrons. The summed E-state index contributed by atoms with van der Waals surface area (Å²) in [5.41, 5.74) is -0.188. The van der Waals surface area contributed by atoms with Gasteiger partial charge in [0.05, 0.1) is 0 Å². The lowest BCUT2D eigenvalue weighted by Gasteiger charge is -2.02. The van der Waals surface area contributed by atoms with Crippen LogP contribution >= 0.6 is 0 Å². The normalized spacial score (nSPS) is 9.60. The fourth-order valence-corrected chi connectivity index (χ4v) is 1.20. The first-order valence-electron chi connectivity index (χ1n) is 4.68. The van der Waals surface area contributed by atoms with Gasteiger partial charge in [-0.25, -0.2) is 8.78 Å². The molecule has 0 N–H and O–H groups in total. The second kappa shape index (κ2) is 4.87. The van der Waals surface area contributed by atoms with Gasteiger partial charge >= 0.3 is 0 Å². The summed E-state index contributed by atoms with van der Waals surface area (Å²) in [6, 6.07) is 3.91. The van der Waals surface area contributed by atoms with E-state index in [1.165, 1.54) is 18.3 Å². The molecule has 0 amide bonds. The lowest BCUT2D eigenvalue weighted by atomic mass is 9.93. The topological polar surface area (TPSA) is 12.9 Å². The largest absolute Gasteiger partial charge is 0.253 e. The maximum absolute atomic E-state index is 13.2. The van der Waals surface area contributed by atoms with Gasteiger partial charge in [0, 0.05) is 11.6 Å². The average Bonchev–Trinajstić information content (AvgIpc) is 2.29. The van der Waals surface area contributed by atoms with Gasteiger partial charge in [-0.2, -0.15) is 0 Å². The van der Waals surface area contributed by atoms with Crippen molar-refractivity contribution in [3.05, 3.63) is 36.0 Å². The van der Waals surface area contributed by atoms with E-state index in [2.05, 4.69) is 4.98 Å². The Morgan fingerprint density at radius 2 is 1.93 bits per heavy atom. The molecule has 0 aliphatic carbocycles. The summed E-state index contributed by atoms with van der Waals surface area (Å²) in [6.07, 6.45) is 1.40. The highest BCUT2D eigenvalue weighted by Gasteiger charge is 2.08. The summed E-state index contributed by atoms with van der Waals surface area (Å²) >= 11 is 0. The van der Waals surface area contributed by atoms with Crippen LogP contribution in [0.2, 0.25) is 0 Å². The van der Waals surface area contributed by atoms with Gasteiger partial charge in [-0.05, 0) is 18.2 Å². The van der Waals surface area contributed by atoms with Crippen molar-refractivity contribution in [2.45, 2.75) is 13.8 Å². The summed E-state index contributed by atoms with van der Waals surface area (Å²) in [5, 5.41) is 0.111. The van der Waals surface area contributed by atoms with E-state index < -0.39 is 11.6 Å². The van der Waals surface area contributed by atoms with Crippen molar-refractivity contribution in [1.29, 1.82) is 0 Å². The van der Waals surface area contributed by atoms with Gasteiger partial charge in [0.2, 0.25) is 0 Å². The SMILES string of the molecule is CC.[B]c1cc(F)c2ncccc2c1F. The summed E-state index contributed by atoms with van der Waals surface area (Å²) in [6.45, 7) is 4.00. The Balaban J connectivity index is 0.000000531. The van der Waals surface area contributed by atoms with E-state index in [1.54, 1.807) is 0 Å². The zero-order valence-electron chi connectivity index (χ0n) is 8.59. The van der Waals surface area contributed by atoms with Gasteiger partial charge in [-0.15, -0.1) is 0 Å². The van der Waals surface area contributed by atoms with Crippen LogP contribution in [0.25, 0.3) is 10.9 Å². The van der Waals surface area contributed by atoms with Gasteiger partial charge in [0.25, 0.3) is 0 Å². The molecular weight excluding hydrogens is 195 g/mol. The fourth-order valence-electron chi connectivity index (χ4n) is 1.20. The molecule has 4 heteroatoms. The van der Waals surface area contributed by atoms with Crippen molar-refractivity contribution < 1.29 is 8.78 Å². The molecule has 0 spiro atoms. The average molecular weight is 205 g/mol. The van der Waals surface area contributed by atoms with Crippen LogP contribution in [0.15, 0.2) is 24.4 Å². The molecule has 0 fully saturated rings. The minimum absolute atomic E-state index is 0.00852. The quantitative estimate of drug-likeness (QED) is 0.601. The van der Waals surface area contributed by atoms with Crippen molar-refractivity contribution in [1.82, 2.24) is 4.98 Å². The first-order chi connectivity index (χ1) is 7.20. The number of nitrogens with zero attached hydrogens (tertiary/aromatic N) is 1. The Morgan fingerprint density at radius 1 is 1.27 bits per heavy atom. The molecule has 0 saturated heterocycles. The molecule has 2 rings (SSSR count). The molecular formula is C11H10BF2N. The van der Waals surface area contributed by atoms with Crippen molar-refractivity contribution in [2.75, 3.05) is 0 Å². The van der Waals surface area contributed by atoms with E-state index in [1.807, 2.05) is 13.8 Å².